The lowest BCUT2D eigenvalue weighted by atomic mass is 9.98. The number of hydrogen-bond acceptors (Lipinski definition) is 1. The fourth-order valence-electron chi connectivity index (χ4n) is 2.82. The quantitative estimate of drug-likeness (QED) is 0.372. The Labute approximate surface area is 167 Å². The molecule has 1 nitrogen and oxygen atoms in total. The first kappa shape index (κ1) is 18.2. The van der Waals surface area contributed by atoms with E-state index in [0.717, 1.165) is 32.4 Å². The Morgan fingerprint density at radius 1 is 0.680 bits per heavy atom. The highest BCUT2D eigenvalue weighted by atomic mass is 79.9. The molecule has 1 unspecified atom stereocenters. The first-order valence-electron chi connectivity index (χ1n) is 8.49. The largest absolute Gasteiger partial charge is 0.311 e. The molecule has 0 bridgehead atoms. The van der Waals surface area contributed by atoms with Gasteiger partial charge in [-0.2, -0.15) is 0 Å². The van der Waals surface area contributed by atoms with Gasteiger partial charge in [-0.05, 0) is 78.6 Å². The maximum atomic E-state index is 3.53. The second-order valence-corrected chi connectivity index (χ2v) is 8.02. The minimum absolute atomic E-state index is 0.586. The van der Waals surface area contributed by atoms with Crippen LogP contribution in [0.4, 0.5) is 17.1 Å². The highest BCUT2D eigenvalue weighted by molar-refractivity contribution is 9.10. The lowest BCUT2D eigenvalue weighted by molar-refractivity contribution is 0.733. The molecule has 0 fully saturated rings. The van der Waals surface area contributed by atoms with Crippen molar-refractivity contribution in [2.45, 2.75) is 26.2 Å². The van der Waals surface area contributed by atoms with Gasteiger partial charge in [0.05, 0.1) is 0 Å². The maximum Gasteiger partial charge on any atom is 0.0462 e. The Balaban J connectivity index is 2.04. The summed E-state index contributed by atoms with van der Waals surface area (Å²) in [5.41, 5.74) is 4.83. The van der Waals surface area contributed by atoms with Crippen LogP contribution in [0.3, 0.4) is 0 Å². The van der Waals surface area contributed by atoms with E-state index < -0.39 is 0 Å². The zero-order valence-corrected chi connectivity index (χ0v) is 17.6. The fourth-order valence-corrected chi connectivity index (χ4v) is 3.34. The highest BCUT2D eigenvalue weighted by Gasteiger charge is 2.13. The molecule has 0 amide bonds. The molecule has 3 rings (SSSR count). The lowest BCUT2D eigenvalue weighted by Gasteiger charge is -2.26. The molecule has 0 aliphatic rings. The van der Waals surface area contributed by atoms with Crippen molar-refractivity contribution in [3.8, 4) is 0 Å². The smallest absolute Gasteiger partial charge is 0.0462 e. The van der Waals surface area contributed by atoms with Gasteiger partial charge in [0.15, 0.2) is 0 Å². The summed E-state index contributed by atoms with van der Waals surface area (Å²) in [5.74, 6) is 0.586. The molecule has 0 spiro atoms. The Kier molecular flexibility index (Phi) is 5.98. The summed E-state index contributed by atoms with van der Waals surface area (Å²) in [7, 11) is 0. The van der Waals surface area contributed by atoms with Crippen LogP contribution in [0.25, 0.3) is 0 Å². The molecule has 3 aromatic carbocycles. The molecule has 0 aliphatic heterocycles. The molecular formula is C22H21Br2N. The first-order valence-corrected chi connectivity index (χ1v) is 10.1. The first-order chi connectivity index (χ1) is 12.1. The molecule has 0 heterocycles. The predicted octanol–water partition coefficient (Wildman–Crippen LogP) is 8.19. The van der Waals surface area contributed by atoms with E-state index in [2.05, 4.69) is 123 Å². The molecule has 0 aromatic heterocycles. The van der Waals surface area contributed by atoms with E-state index in [4.69, 9.17) is 0 Å². The van der Waals surface area contributed by atoms with E-state index in [1.165, 1.54) is 5.56 Å². The molecule has 0 aliphatic carbocycles. The summed E-state index contributed by atoms with van der Waals surface area (Å²) in [5, 5.41) is 0. The zero-order chi connectivity index (χ0) is 17.8. The number of nitrogens with zero attached hydrogens (tertiary/aromatic N) is 1. The van der Waals surface area contributed by atoms with Gasteiger partial charge < -0.3 is 4.90 Å². The molecule has 0 saturated heterocycles. The van der Waals surface area contributed by atoms with Gasteiger partial charge in [-0.1, -0.05) is 57.8 Å². The summed E-state index contributed by atoms with van der Waals surface area (Å²) in [4.78, 5) is 2.28. The minimum atomic E-state index is 0.586. The molecule has 1 atom stereocenters. The summed E-state index contributed by atoms with van der Waals surface area (Å²) in [6.07, 6.45) is 1.16. The summed E-state index contributed by atoms with van der Waals surface area (Å²) >= 11 is 7.05. The summed E-state index contributed by atoms with van der Waals surface area (Å²) < 4.78 is 2.17. The van der Waals surface area contributed by atoms with Crippen molar-refractivity contribution < 1.29 is 0 Å². The van der Waals surface area contributed by atoms with Crippen molar-refractivity contribution in [1.82, 2.24) is 0 Å². The van der Waals surface area contributed by atoms with Crippen molar-refractivity contribution in [2.75, 3.05) is 4.90 Å². The SMILES string of the molecule is CCC(C)c1ccc(N(c2ccc(Br)cc2)c2ccc(Br)cc2)cc1. The highest BCUT2D eigenvalue weighted by Crippen LogP contribution is 2.36. The van der Waals surface area contributed by atoms with Crippen LogP contribution in [0.1, 0.15) is 31.7 Å². The second kappa shape index (κ2) is 8.20. The van der Waals surface area contributed by atoms with Gasteiger partial charge in [0.2, 0.25) is 0 Å². The van der Waals surface area contributed by atoms with Crippen LogP contribution in [0.15, 0.2) is 81.7 Å². The number of halogens is 2. The normalized spacial score (nSPS) is 12.0. The van der Waals surface area contributed by atoms with Crippen LogP contribution in [0.5, 0.6) is 0 Å². The van der Waals surface area contributed by atoms with Gasteiger partial charge in [-0.15, -0.1) is 0 Å². The van der Waals surface area contributed by atoms with E-state index in [9.17, 15) is 0 Å². The topological polar surface area (TPSA) is 3.24 Å². The van der Waals surface area contributed by atoms with E-state index in [0.29, 0.717) is 5.92 Å². The number of benzene rings is 3. The van der Waals surface area contributed by atoms with Gasteiger partial charge in [0.25, 0.3) is 0 Å². The van der Waals surface area contributed by atoms with Crippen molar-refractivity contribution in [3.63, 3.8) is 0 Å². The Morgan fingerprint density at radius 2 is 1.04 bits per heavy atom. The number of anilines is 3. The van der Waals surface area contributed by atoms with E-state index >= 15 is 0 Å². The Morgan fingerprint density at radius 3 is 1.40 bits per heavy atom. The van der Waals surface area contributed by atoms with Gasteiger partial charge in [0.1, 0.15) is 0 Å². The van der Waals surface area contributed by atoms with Gasteiger partial charge in [0, 0.05) is 26.0 Å². The van der Waals surface area contributed by atoms with Crippen LogP contribution >= 0.6 is 31.9 Å². The minimum Gasteiger partial charge on any atom is -0.311 e. The van der Waals surface area contributed by atoms with Crippen LogP contribution in [-0.2, 0) is 0 Å². The average molecular weight is 459 g/mol. The third kappa shape index (κ3) is 4.34. The molecule has 128 valence electrons. The lowest BCUT2D eigenvalue weighted by Crippen LogP contribution is -2.09. The molecule has 3 heteroatoms. The third-order valence-electron chi connectivity index (χ3n) is 4.50. The fraction of sp³-hybridized carbons (Fsp3) is 0.182. The zero-order valence-electron chi connectivity index (χ0n) is 14.4. The van der Waals surface area contributed by atoms with E-state index in [1.54, 1.807) is 0 Å². The molecule has 0 saturated carbocycles. The standard InChI is InChI=1S/C22H21Br2N/c1-3-16(2)17-4-10-20(11-5-17)25(21-12-6-18(23)7-13-21)22-14-8-19(24)9-15-22/h4-16H,3H2,1-2H3. The van der Waals surface area contributed by atoms with Crippen molar-refractivity contribution >= 4 is 48.9 Å². The van der Waals surface area contributed by atoms with E-state index in [1.807, 2.05) is 0 Å². The Bertz CT molecular complexity index is 763. The molecule has 0 radical (unpaired) electrons. The van der Waals surface area contributed by atoms with Gasteiger partial charge in [-0.25, -0.2) is 0 Å². The van der Waals surface area contributed by atoms with Gasteiger partial charge >= 0.3 is 0 Å². The van der Waals surface area contributed by atoms with Crippen LogP contribution < -0.4 is 4.90 Å². The van der Waals surface area contributed by atoms with Gasteiger partial charge in [-0.3, -0.25) is 0 Å². The van der Waals surface area contributed by atoms with E-state index in [-0.39, 0.29) is 0 Å². The monoisotopic (exact) mass is 457 g/mol. The van der Waals surface area contributed by atoms with Crippen molar-refractivity contribution in [3.05, 3.63) is 87.3 Å². The van der Waals surface area contributed by atoms with Crippen molar-refractivity contribution in [2.24, 2.45) is 0 Å². The molecule has 25 heavy (non-hydrogen) atoms. The summed E-state index contributed by atoms with van der Waals surface area (Å²) in [6.45, 7) is 4.50. The summed E-state index contributed by atoms with van der Waals surface area (Å²) in [6, 6.07) is 25.8. The second-order valence-electron chi connectivity index (χ2n) is 6.19. The third-order valence-corrected chi connectivity index (χ3v) is 5.56. The average Bonchev–Trinajstić information content (AvgIpc) is 2.65. The molecule has 3 aromatic rings. The Hall–Kier alpha value is -1.58. The number of rotatable bonds is 5. The van der Waals surface area contributed by atoms with Crippen LogP contribution in [0, 0.1) is 0 Å². The molecule has 0 N–H and O–H groups in total. The molecular weight excluding hydrogens is 438 g/mol. The maximum absolute atomic E-state index is 3.53. The number of hydrogen-bond donors (Lipinski definition) is 0. The van der Waals surface area contributed by atoms with Crippen LogP contribution in [0.2, 0.25) is 0 Å². The van der Waals surface area contributed by atoms with Crippen molar-refractivity contribution in [1.29, 1.82) is 0 Å². The predicted molar refractivity (Wildman–Crippen MR) is 115 cm³/mol. The van der Waals surface area contributed by atoms with Crippen LogP contribution in [-0.4, -0.2) is 0 Å².